The first-order valence-electron chi connectivity index (χ1n) is 6.10. The maximum absolute atomic E-state index is 10.6. The van der Waals surface area contributed by atoms with Crippen molar-refractivity contribution in [2.24, 2.45) is 0 Å². The molecule has 1 rings (SSSR count). The van der Waals surface area contributed by atoms with Crippen LogP contribution in [0.3, 0.4) is 0 Å². The first-order chi connectivity index (χ1) is 9.15. The van der Waals surface area contributed by atoms with Crippen LogP contribution in [0.2, 0.25) is 0 Å². The summed E-state index contributed by atoms with van der Waals surface area (Å²) in [5, 5.41) is 11.6. The van der Waals surface area contributed by atoms with Crippen molar-refractivity contribution >= 4 is 11.9 Å². The predicted molar refractivity (Wildman–Crippen MR) is 69.4 cm³/mol. The second-order valence-electron chi connectivity index (χ2n) is 3.90. The minimum Gasteiger partial charge on any atom is -0.481 e. The summed E-state index contributed by atoms with van der Waals surface area (Å²) in [7, 11) is 1.47. The molecule has 0 bridgehead atoms. The molecule has 0 aliphatic rings. The number of anilines is 1. The summed E-state index contributed by atoms with van der Waals surface area (Å²) < 4.78 is 10.4. The number of hydrogen-bond acceptors (Lipinski definition) is 6. The maximum atomic E-state index is 10.6. The van der Waals surface area contributed by atoms with Crippen LogP contribution in [0.15, 0.2) is 12.3 Å². The number of methoxy groups -OCH3 is 1. The van der Waals surface area contributed by atoms with Crippen molar-refractivity contribution in [1.82, 2.24) is 9.97 Å². The van der Waals surface area contributed by atoms with Crippen molar-refractivity contribution in [3.8, 4) is 5.88 Å². The van der Waals surface area contributed by atoms with E-state index >= 15 is 0 Å². The zero-order chi connectivity index (χ0) is 14.1. The number of carboxylic acid groups (broad SMARTS) is 1. The molecule has 1 atom stereocenters. The van der Waals surface area contributed by atoms with Crippen LogP contribution in [0.25, 0.3) is 0 Å². The Bertz CT molecular complexity index is 400. The standard InChI is InChI=1S/C12H19N3O4/c1-3-6-19-10-4-5-13-12(15-10)14-8-9(18-2)7-11(16)17/h4-5,9H,3,6-8H2,1-2H3,(H,16,17)(H,13,14,15). The SMILES string of the molecule is CCCOc1ccnc(NCC(CC(=O)O)OC)n1. The van der Waals surface area contributed by atoms with Gasteiger partial charge in [0.2, 0.25) is 11.8 Å². The van der Waals surface area contributed by atoms with E-state index in [2.05, 4.69) is 15.3 Å². The maximum Gasteiger partial charge on any atom is 0.306 e. The van der Waals surface area contributed by atoms with Gasteiger partial charge in [-0.3, -0.25) is 4.79 Å². The molecule has 106 valence electrons. The molecule has 0 amide bonds. The van der Waals surface area contributed by atoms with E-state index in [9.17, 15) is 4.79 Å². The Morgan fingerprint density at radius 3 is 3.00 bits per heavy atom. The van der Waals surface area contributed by atoms with E-state index in [-0.39, 0.29) is 6.42 Å². The van der Waals surface area contributed by atoms with E-state index in [1.54, 1.807) is 12.3 Å². The van der Waals surface area contributed by atoms with Gasteiger partial charge >= 0.3 is 5.97 Å². The van der Waals surface area contributed by atoms with E-state index < -0.39 is 12.1 Å². The molecule has 7 heteroatoms. The molecule has 0 saturated heterocycles. The second-order valence-corrected chi connectivity index (χ2v) is 3.90. The smallest absolute Gasteiger partial charge is 0.306 e. The number of nitrogens with one attached hydrogen (secondary N) is 1. The first-order valence-corrected chi connectivity index (χ1v) is 6.10. The third-order valence-electron chi connectivity index (χ3n) is 2.31. The molecule has 2 N–H and O–H groups in total. The Kier molecular flexibility index (Phi) is 6.59. The molecular weight excluding hydrogens is 250 g/mol. The fraction of sp³-hybridized carbons (Fsp3) is 0.583. The lowest BCUT2D eigenvalue weighted by Gasteiger charge is -2.14. The Morgan fingerprint density at radius 2 is 2.37 bits per heavy atom. The van der Waals surface area contributed by atoms with E-state index in [1.165, 1.54) is 7.11 Å². The monoisotopic (exact) mass is 269 g/mol. The molecule has 0 aliphatic heterocycles. The van der Waals surface area contributed by atoms with Gasteiger partial charge in [-0.2, -0.15) is 4.98 Å². The van der Waals surface area contributed by atoms with Crippen LogP contribution in [0.1, 0.15) is 19.8 Å². The van der Waals surface area contributed by atoms with Gasteiger partial charge in [-0.05, 0) is 6.42 Å². The Morgan fingerprint density at radius 1 is 1.58 bits per heavy atom. The normalized spacial score (nSPS) is 11.9. The van der Waals surface area contributed by atoms with E-state index in [1.807, 2.05) is 6.92 Å². The Hall–Kier alpha value is -1.89. The van der Waals surface area contributed by atoms with Crippen molar-refractivity contribution < 1.29 is 19.4 Å². The molecule has 0 radical (unpaired) electrons. The van der Waals surface area contributed by atoms with Crippen molar-refractivity contribution in [1.29, 1.82) is 0 Å². The largest absolute Gasteiger partial charge is 0.481 e. The fourth-order valence-corrected chi connectivity index (χ4v) is 1.35. The number of nitrogens with zero attached hydrogens (tertiary/aromatic N) is 2. The third kappa shape index (κ3) is 6.01. The van der Waals surface area contributed by atoms with Crippen molar-refractivity contribution in [3.63, 3.8) is 0 Å². The van der Waals surface area contributed by atoms with Crippen LogP contribution in [0, 0.1) is 0 Å². The number of aliphatic carboxylic acids is 1. The summed E-state index contributed by atoms with van der Waals surface area (Å²) >= 11 is 0. The van der Waals surface area contributed by atoms with Gasteiger partial charge in [-0.15, -0.1) is 0 Å². The van der Waals surface area contributed by atoms with E-state index in [0.29, 0.717) is 25.0 Å². The van der Waals surface area contributed by atoms with Gasteiger partial charge in [0.1, 0.15) is 0 Å². The summed E-state index contributed by atoms with van der Waals surface area (Å²) in [6.07, 6.45) is 1.98. The molecule has 19 heavy (non-hydrogen) atoms. The Labute approximate surface area is 112 Å². The van der Waals surface area contributed by atoms with Crippen LogP contribution in [-0.4, -0.2) is 47.4 Å². The lowest BCUT2D eigenvalue weighted by Crippen LogP contribution is -2.25. The fourth-order valence-electron chi connectivity index (χ4n) is 1.35. The minimum atomic E-state index is -0.908. The van der Waals surface area contributed by atoms with Crippen LogP contribution in [0.5, 0.6) is 5.88 Å². The molecule has 1 aromatic rings. The number of rotatable bonds is 9. The predicted octanol–water partition coefficient (Wildman–Crippen LogP) is 1.17. The molecule has 0 fully saturated rings. The molecule has 1 unspecified atom stereocenters. The van der Waals surface area contributed by atoms with Crippen molar-refractivity contribution in [3.05, 3.63) is 12.3 Å². The first kappa shape index (κ1) is 15.2. The minimum absolute atomic E-state index is 0.0739. The molecule has 0 aromatic carbocycles. The Balaban J connectivity index is 2.49. The lowest BCUT2D eigenvalue weighted by atomic mass is 10.2. The number of carbonyl (C=O) groups is 1. The molecular formula is C12H19N3O4. The number of ether oxygens (including phenoxy) is 2. The molecule has 1 aromatic heterocycles. The summed E-state index contributed by atoms with van der Waals surface area (Å²) in [4.78, 5) is 18.8. The van der Waals surface area contributed by atoms with E-state index in [4.69, 9.17) is 14.6 Å². The zero-order valence-corrected chi connectivity index (χ0v) is 11.1. The van der Waals surface area contributed by atoms with Crippen molar-refractivity contribution in [2.45, 2.75) is 25.9 Å². The van der Waals surface area contributed by atoms with Crippen LogP contribution >= 0.6 is 0 Å². The van der Waals surface area contributed by atoms with Gasteiger partial charge < -0.3 is 19.9 Å². The van der Waals surface area contributed by atoms with Gasteiger partial charge in [0, 0.05) is 25.9 Å². The third-order valence-corrected chi connectivity index (χ3v) is 2.31. The molecule has 0 saturated carbocycles. The van der Waals surface area contributed by atoms with E-state index in [0.717, 1.165) is 6.42 Å². The number of hydrogen-bond donors (Lipinski definition) is 2. The highest BCUT2D eigenvalue weighted by Crippen LogP contribution is 2.09. The summed E-state index contributed by atoms with van der Waals surface area (Å²) in [6, 6.07) is 1.67. The molecule has 0 aliphatic carbocycles. The highest BCUT2D eigenvalue weighted by atomic mass is 16.5. The van der Waals surface area contributed by atoms with Gasteiger partial charge in [0.15, 0.2) is 0 Å². The molecule has 7 nitrogen and oxygen atoms in total. The van der Waals surface area contributed by atoms with Gasteiger partial charge in [0.25, 0.3) is 0 Å². The van der Waals surface area contributed by atoms with Gasteiger partial charge in [-0.25, -0.2) is 4.98 Å². The van der Waals surface area contributed by atoms with Gasteiger partial charge in [0.05, 0.1) is 19.1 Å². The average molecular weight is 269 g/mol. The lowest BCUT2D eigenvalue weighted by molar-refractivity contribution is -0.139. The summed E-state index contributed by atoms with van der Waals surface area (Å²) in [5.74, 6) is -0.0257. The number of aromatic nitrogens is 2. The highest BCUT2D eigenvalue weighted by Gasteiger charge is 2.12. The van der Waals surface area contributed by atoms with Crippen molar-refractivity contribution in [2.75, 3.05) is 25.6 Å². The molecule has 1 heterocycles. The second kappa shape index (κ2) is 8.25. The topological polar surface area (TPSA) is 93.6 Å². The van der Waals surface area contributed by atoms with Crippen LogP contribution in [0.4, 0.5) is 5.95 Å². The molecule has 0 spiro atoms. The van der Waals surface area contributed by atoms with Crippen LogP contribution in [-0.2, 0) is 9.53 Å². The quantitative estimate of drug-likeness (QED) is 0.694. The zero-order valence-electron chi connectivity index (χ0n) is 11.1. The highest BCUT2D eigenvalue weighted by molar-refractivity contribution is 5.67. The number of carboxylic acids is 1. The van der Waals surface area contributed by atoms with Crippen LogP contribution < -0.4 is 10.1 Å². The average Bonchev–Trinajstić information content (AvgIpc) is 2.41. The van der Waals surface area contributed by atoms with Gasteiger partial charge in [-0.1, -0.05) is 6.92 Å². The summed E-state index contributed by atoms with van der Waals surface area (Å²) in [6.45, 7) is 2.92. The summed E-state index contributed by atoms with van der Waals surface area (Å²) in [5.41, 5.74) is 0.